The lowest BCUT2D eigenvalue weighted by Crippen LogP contribution is -2.26. The summed E-state index contributed by atoms with van der Waals surface area (Å²) >= 11 is 0. The largest absolute Gasteiger partial charge is 0.493 e. The summed E-state index contributed by atoms with van der Waals surface area (Å²) in [5.41, 5.74) is 1.49. The molecular formula is C20H26N2O3. The van der Waals surface area contributed by atoms with Crippen LogP contribution in [0.15, 0.2) is 42.7 Å². The molecule has 2 rings (SSSR count). The first-order chi connectivity index (χ1) is 12.2. The highest BCUT2D eigenvalue weighted by Gasteiger charge is 2.14. The summed E-state index contributed by atoms with van der Waals surface area (Å²) in [6, 6.07) is 9.08. The monoisotopic (exact) mass is 342 g/mol. The van der Waals surface area contributed by atoms with Gasteiger partial charge in [-0.2, -0.15) is 0 Å². The molecule has 1 atom stereocenters. The smallest absolute Gasteiger partial charge is 0.253 e. The number of nitrogens with zero attached hydrogens (tertiary/aromatic N) is 1. The quantitative estimate of drug-likeness (QED) is 0.696. The number of carbonyl (C=O) groups is 1. The molecule has 1 aromatic heterocycles. The van der Waals surface area contributed by atoms with E-state index in [1.165, 1.54) is 0 Å². The Labute approximate surface area is 149 Å². The Kier molecular flexibility index (Phi) is 7.26. The van der Waals surface area contributed by atoms with Crippen LogP contribution in [0, 0.1) is 0 Å². The number of hydrogen-bond acceptors (Lipinski definition) is 4. The zero-order valence-electron chi connectivity index (χ0n) is 15.1. The van der Waals surface area contributed by atoms with Gasteiger partial charge in [-0.1, -0.05) is 25.8 Å². The van der Waals surface area contributed by atoms with Gasteiger partial charge < -0.3 is 14.8 Å². The molecule has 5 heteroatoms. The topological polar surface area (TPSA) is 60.5 Å². The number of hydrogen-bond donors (Lipinski definition) is 1. The number of pyridine rings is 1. The van der Waals surface area contributed by atoms with E-state index in [2.05, 4.69) is 17.2 Å². The maximum Gasteiger partial charge on any atom is 0.253 e. The van der Waals surface area contributed by atoms with Gasteiger partial charge in [0.2, 0.25) is 0 Å². The summed E-state index contributed by atoms with van der Waals surface area (Å²) in [5.74, 6) is 1.25. The van der Waals surface area contributed by atoms with Crippen molar-refractivity contribution >= 4 is 5.91 Å². The van der Waals surface area contributed by atoms with E-state index in [4.69, 9.17) is 9.47 Å². The summed E-state index contributed by atoms with van der Waals surface area (Å²) in [6.07, 6.45) is 6.53. The number of amides is 1. The first kappa shape index (κ1) is 18.8. The summed E-state index contributed by atoms with van der Waals surface area (Å²) in [7, 11) is 1.62. The predicted molar refractivity (Wildman–Crippen MR) is 98.1 cm³/mol. The SMILES string of the molecule is CCCCCOc1ccc([C@@H](C)NC(=O)c2cccnc2)cc1OC. The molecule has 0 aliphatic heterocycles. The molecule has 1 aromatic carbocycles. The molecule has 1 amide bonds. The van der Waals surface area contributed by atoms with Gasteiger partial charge in [-0.3, -0.25) is 9.78 Å². The molecule has 0 spiro atoms. The number of carbonyl (C=O) groups excluding carboxylic acids is 1. The second-order valence-electron chi connectivity index (χ2n) is 5.90. The fourth-order valence-corrected chi connectivity index (χ4v) is 2.47. The fourth-order valence-electron chi connectivity index (χ4n) is 2.47. The van der Waals surface area contributed by atoms with Crippen molar-refractivity contribution in [1.82, 2.24) is 10.3 Å². The van der Waals surface area contributed by atoms with E-state index in [1.54, 1.807) is 31.6 Å². The number of nitrogens with one attached hydrogen (secondary N) is 1. The Morgan fingerprint density at radius 2 is 2.08 bits per heavy atom. The van der Waals surface area contributed by atoms with Crippen molar-refractivity contribution in [3.05, 3.63) is 53.9 Å². The van der Waals surface area contributed by atoms with Gasteiger partial charge in [-0.15, -0.1) is 0 Å². The third-order valence-electron chi connectivity index (χ3n) is 3.96. The first-order valence-corrected chi connectivity index (χ1v) is 8.67. The molecule has 0 aliphatic rings. The van der Waals surface area contributed by atoms with Crippen molar-refractivity contribution in [1.29, 1.82) is 0 Å². The van der Waals surface area contributed by atoms with E-state index in [0.717, 1.165) is 30.6 Å². The number of unbranched alkanes of at least 4 members (excludes halogenated alkanes) is 2. The normalized spacial score (nSPS) is 11.6. The van der Waals surface area contributed by atoms with Crippen molar-refractivity contribution < 1.29 is 14.3 Å². The number of ether oxygens (including phenoxy) is 2. The molecular weight excluding hydrogens is 316 g/mol. The Morgan fingerprint density at radius 3 is 2.76 bits per heavy atom. The van der Waals surface area contributed by atoms with Gasteiger partial charge >= 0.3 is 0 Å². The van der Waals surface area contributed by atoms with Crippen molar-refractivity contribution in [2.45, 2.75) is 39.2 Å². The van der Waals surface area contributed by atoms with E-state index in [-0.39, 0.29) is 11.9 Å². The molecule has 25 heavy (non-hydrogen) atoms. The predicted octanol–water partition coefficient (Wildman–Crippen LogP) is 4.15. The van der Waals surface area contributed by atoms with Crippen LogP contribution in [-0.4, -0.2) is 24.6 Å². The van der Waals surface area contributed by atoms with E-state index >= 15 is 0 Å². The maximum atomic E-state index is 12.2. The fraction of sp³-hybridized carbons (Fsp3) is 0.400. The zero-order valence-corrected chi connectivity index (χ0v) is 15.1. The molecule has 0 fully saturated rings. The molecule has 2 aromatic rings. The van der Waals surface area contributed by atoms with Crippen molar-refractivity contribution in [3.63, 3.8) is 0 Å². The summed E-state index contributed by atoms with van der Waals surface area (Å²) in [5, 5.41) is 2.97. The summed E-state index contributed by atoms with van der Waals surface area (Å²) < 4.78 is 11.2. The minimum Gasteiger partial charge on any atom is -0.493 e. The first-order valence-electron chi connectivity index (χ1n) is 8.67. The minimum absolute atomic E-state index is 0.153. The second kappa shape index (κ2) is 9.67. The van der Waals surface area contributed by atoms with Gasteiger partial charge in [0.15, 0.2) is 11.5 Å². The standard InChI is InChI=1S/C20H26N2O3/c1-4-5-6-12-25-18-10-9-16(13-19(18)24-3)15(2)22-20(23)17-8-7-11-21-14-17/h7-11,13-15H,4-6,12H2,1-3H3,(H,22,23)/t15-/m1/s1. The lowest BCUT2D eigenvalue weighted by atomic mass is 10.1. The average Bonchev–Trinajstić information content (AvgIpc) is 2.65. The van der Waals surface area contributed by atoms with Crippen molar-refractivity contribution in [2.75, 3.05) is 13.7 Å². The average molecular weight is 342 g/mol. The van der Waals surface area contributed by atoms with Crippen molar-refractivity contribution in [2.24, 2.45) is 0 Å². The molecule has 1 N–H and O–H groups in total. The van der Waals surface area contributed by atoms with E-state index < -0.39 is 0 Å². The van der Waals surface area contributed by atoms with Gasteiger partial charge in [0.25, 0.3) is 5.91 Å². The Bertz CT molecular complexity index is 674. The number of methoxy groups -OCH3 is 1. The second-order valence-corrected chi connectivity index (χ2v) is 5.90. The van der Waals surface area contributed by atoms with Crippen molar-refractivity contribution in [3.8, 4) is 11.5 Å². The van der Waals surface area contributed by atoms with Gasteiger partial charge in [-0.05, 0) is 43.2 Å². The van der Waals surface area contributed by atoms with Crippen LogP contribution in [0.25, 0.3) is 0 Å². The third-order valence-corrected chi connectivity index (χ3v) is 3.96. The third kappa shape index (κ3) is 5.48. The van der Waals surface area contributed by atoms with E-state index in [9.17, 15) is 4.79 Å². The molecule has 0 aliphatic carbocycles. The minimum atomic E-state index is -0.157. The highest BCUT2D eigenvalue weighted by Crippen LogP contribution is 2.30. The van der Waals surface area contributed by atoms with Crippen LogP contribution in [-0.2, 0) is 0 Å². The summed E-state index contributed by atoms with van der Waals surface area (Å²) in [6.45, 7) is 4.78. The van der Waals surface area contributed by atoms with Gasteiger partial charge in [0.05, 0.1) is 25.3 Å². The molecule has 1 heterocycles. The highest BCUT2D eigenvalue weighted by molar-refractivity contribution is 5.94. The molecule has 134 valence electrons. The van der Waals surface area contributed by atoms with Crippen LogP contribution in [0.5, 0.6) is 11.5 Å². The molecule has 0 saturated carbocycles. The van der Waals surface area contributed by atoms with Crippen LogP contribution in [0.2, 0.25) is 0 Å². The molecule has 0 unspecified atom stereocenters. The Hall–Kier alpha value is -2.56. The van der Waals surface area contributed by atoms with Crippen LogP contribution in [0.4, 0.5) is 0 Å². The molecule has 0 bridgehead atoms. The van der Waals surface area contributed by atoms with E-state index in [1.807, 2.05) is 25.1 Å². The lowest BCUT2D eigenvalue weighted by Gasteiger charge is -2.17. The molecule has 5 nitrogen and oxygen atoms in total. The summed E-state index contributed by atoms with van der Waals surface area (Å²) in [4.78, 5) is 16.2. The van der Waals surface area contributed by atoms with Gasteiger partial charge in [0, 0.05) is 12.4 Å². The van der Waals surface area contributed by atoms with E-state index in [0.29, 0.717) is 17.9 Å². The van der Waals surface area contributed by atoms with Crippen LogP contribution >= 0.6 is 0 Å². The zero-order chi connectivity index (χ0) is 18.1. The highest BCUT2D eigenvalue weighted by atomic mass is 16.5. The van der Waals surface area contributed by atoms with Crippen LogP contribution in [0.1, 0.15) is 55.1 Å². The number of benzene rings is 1. The number of rotatable bonds is 9. The van der Waals surface area contributed by atoms with Crippen LogP contribution < -0.4 is 14.8 Å². The molecule has 0 saturated heterocycles. The van der Waals surface area contributed by atoms with Gasteiger partial charge in [0.1, 0.15) is 0 Å². The maximum absolute atomic E-state index is 12.2. The Morgan fingerprint density at radius 1 is 1.24 bits per heavy atom. The number of aromatic nitrogens is 1. The van der Waals surface area contributed by atoms with Crippen LogP contribution in [0.3, 0.4) is 0 Å². The Balaban J connectivity index is 2.02. The van der Waals surface area contributed by atoms with Gasteiger partial charge in [-0.25, -0.2) is 0 Å². The molecule has 0 radical (unpaired) electrons. The lowest BCUT2D eigenvalue weighted by molar-refractivity contribution is 0.0939.